The molecule has 0 radical (unpaired) electrons. The van der Waals surface area contributed by atoms with Crippen molar-refractivity contribution in [2.75, 3.05) is 5.73 Å². The number of rotatable bonds is 2. The Morgan fingerprint density at radius 2 is 2.22 bits per heavy atom. The number of nitrogen functional groups attached to an aromatic ring is 1. The maximum atomic E-state index is 11.9. The third-order valence-electron chi connectivity index (χ3n) is 2.35. The number of carbonyl (C=O) groups excluding carboxylic acids is 1. The van der Waals surface area contributed by atoms with Gasteiger partial charge in [0.25, 0.3) is 0 Å². The minimum Gasteiger partial charge on any atom is -0.369 e. The summed E-state index contributed by atoms with van der Waals surface area (Å²) in [6.07, 6.45) is 1.65. The normalized spacial score (nSPS) is 11.7. The van der Waals surface area contributed by atoms with Crippen LogP contribution in [0.25, 0.3) is 11.2 Å². The molecule has 0 aliphatic heterocycles. The highest BCUT2D eigenvalue weighted by Gasteiger charge is 2.16. The van der Waals surface area contributed by atoms with E-state index in [1.54, 1.807) is 16.8 Å². The number of amides is 1. The van der Waals surface area contributed by atoms with Crippen molar-refractivity contribution in [2.45, 2.75) is 32.9 Å². The summed E-state index contributed by atoms with van der Waals surface area (Å²) in [5.41, 5.74) is 6.85. The number of carbonyl (C=O) groups is 1. The van der Waals surface area contributed by atoms with Crippen LogP contribution in [0.3, 0.4) is 0 Å². The maximum absolute atomic E-state index is 11.9. The first kappa shape index (κ1) is 12.3. The largest absolute Gasteiger partial charge is 0.369 e. The van der Waals surface area contributed by atoms with E-state index in [0.29, 0.717) is 17.1 Å². The van der Waals surface area contributed by atoms with Crippen molar-refractivity contribution >= 4 is 23.0 Å². The summed E-state index contributed by atoms with van der Waals surface area (Å²) >= 11 is 0. The zero-order chi connectivity index (χ0) is 13.3. The Hall–Kier alpha value is -2.11. The second-order valence-corrected chi connectivity index (χ2v) is 5.20. The van der Waals surface area contributed by atoms with E-state index in [2.05, 4.69) is 15.3 Å². The van der Waals surface area contributed by atoms with Gasteiger partial charge in [-0.25, -0.2) is 9.97 Å². The number of nitrogens with zero attached hydrogens (tertiary/aromatic N) is 3. The second-order valence-electron chi connectivity index (χ2n) is 5.20. The summed E-state index contributed by atoms with van der Waals surface area (Å²) in [5.74, 6) is 0.187. The number of imidazole rings is 1. The van der Waals surface area contributed by atoms with E-state index in [1.165, 1.54) is 0 Å². The molecule has 18 heavy (non-hydrogen) atoms. The van der Waals surface area contributed by atoms with E-state index in [4.69, 9.17) is 5.73 Å². The van der Waals surface area contributed by atoms with Gasteiger partial charge in [0.1, 0.15) is 12.1 Å². The van der Waals surface area contributed by atoms with Gasteiger partial charge in [0.2, 0.25) is 11.9 Å². The van der Waals surface area contributed by atoms with Gasteiger partial charge in [-0.05, 0) is 32.9 Å². The van der Waals surface area contributed by atoms with E-state index in [-0.39, 0.29) is 18.0 Å². The Kier molecular flexibility index (Phi) is 2.94. The fourth-order valence-electron chi connectivity index (χ4n) is 1.73. The number of aromatic nitrogens is 3. The predicted molar refractivity (Wildman–Crippen MR) is 69.8 cm³/mol. The predicted octanol–water partition coefficient (Wildman–Crippen LogP) is 0.928. The first-order valence-corrected chi connectivity index (χ1v) is 5.74. The van der Waals surface area contributed by atoms with Gasteiger partial charge < -0.3 is 11.1 Å². The standard InChI is InChI=1S/C12H17N5O/c1-12(2,3)16-9(18)7-17-10-8(15-11(17)13)5-4-6-14-10/h4-6H,7H2,1-3H3,(H2,13,15)(H,16,18). The van der Waals surface area contributed by atoms with Gasteiger partial charge in [-0.1, -0.05) is 0 Å². The third kappa shape index (κ3) is 2.58. The highest BCUT2D eigenvalue weighted by Crippen LogP contribution is 2.14. The van der Waals surface area contributed by atoms with Crippen LogP contribution in [0.15, 0.2) is 18.3 Å². The highest BCUT2D eigenvalue weighted by molar-refractivity contribution is 5.81. The van der Waals surface area contributed by atoms with Gasteiger partial charge >= 0.3 is 0 Å². The molecule has 0 saturated heterocycles. The summed E-state index contributed by atoms with van der Waals surface area (Å²) in [4.78, 5) is 20.2. The molecule has 0 aliphatic rings. The SMILES string of the molecule is CC(C)(C)NC(=O)Cn1c(N)nc2cccnc21. The Bertz CT molecular complexity index is 582. The van der Waals surface area contributed by atoms with Crippen molar-refractivity contribution in [1.29, 1.82) is 0 Å². The molecule has 0 saturated carbocycles. The topological polar surface area (TPSA) is 85.8 Å². The van der Waals surface area contributed by atoms with Crippen LogP contribution in [0.4, 0.5) is 5.95 Å². The van der Waals surface area contributed by atoms with Gasteiger partial charge in [-0.15, -0.1) is 0 Å². The molecule has 0 fully saturated rings. The lowest BCUT2D eigenvalue weighted by molar-refractivity contribution is -0.123. The summed E-state index contributed by atoms with van der Waals surface area (Å²) < 4.78 is 1.61. The molecule has 96 valence electrons. The van der Waals surface area contributed by atoms with Crippen LogP contribution in [0.2, 0.25) is 0 Å². The average molecular weight is 247 g/mol. The molecule has 3 N–H and O–H groups in total. The van der Waals surface area contributed by atoms with Crippen LogP contribution < -0.4 is 11.1 Å². The second kappa shape index (κ2) is 4.29. The summed E-state index contributed by atoms with van der Waals surface area (Å²) in [6, 6.07) is 3.60. The minimum absolute atomic E-state index is 0.112. The Morgan fingerprint density at radius 3 is 2.89 bits per heavy atom. The molecule has 2 aromatic rings. The van der Waals surface area contributed by atoms with Gasteiger partial charge in [0, 0.05) is 11.7 Å². The summed E-state index contributed by atoms with van der Waals surface area (Å²) in [5, 5.41) is 2.88. The molecule has 2 aromatic heterocycles. The van der Waals surface area contributed by atoms with Crippen molar-refractivity contribution < 1.29 is 4.79 Å². The van der Waals surface area contributed by atoms with E-state index in [0.717, 1.165) is 0 Å². The van der Waals surface area contributed by atoms with Crippen LogP contribution >= 0.6 is 0 Å². The molecule has 2 heterocycles. The lowest BCUT2D eigenvalue weighted by Gasteiger charge is -2.20. The van der Waals surface area contributed by atoms with Crippen LogP contribution in [-0.4, -0.2) is 26.0 Å². The molecule has 0 bridgehead atoms. The van der Waals surface area contributed by atoms with Gasteiger partial charge in [0.15, 0.2) is 5.65 Å². The lowest BCUT2D eigenvalue weighted by atomic mass is 10.1. The van der Waals surface area contributed by atoms with Crippen molar-refractivity contribution in [3.05, 3.63) is 18.3 Å². The van der Waals surface area contributed by atoms with E-state index in [9.17, 15) is 4.79 Å². The number of nitrogens with one attached hydrogen (secondary N) is 1. The fraction of sp³-hybridized carbons (Fsp3) is 0.417. The van der Waals surface area contributed by atoms with Crippen molar-refractivity contribution in [3.8, 4) is 0 Å². The fourth-order valence-corrected chi connectivity index (χ4v) is 1.73. The van der Waals surface area contributed by atoms with Crippen molar-refractivity contribution in [1.82, 2.24) is 19.9 Å². The van der Waals surface area contributed by atoms with Gasteiger partial charge in [-0.2, -0.15) is 0 Å². The van der Waals surface area contributed by atoms with Crippen LogP contribution in [0, 0.1) is 0 Å². The lowest BCUT2D eigenvalue weighted by Crippen LogP contribution is -2.42. The summed E-state index contributed by atoms with van der Waals surface area (Å²) in [6.45, 7) is 5.91. The van der Waals surface area contributed by atoms with Crippen molar-refractivity contribution in [3.63, 3.8) is 0 Å². The number of fused-ring (bicyclic) bond motifs is 1. The van der Waals surface area contributed by atoms with Crippen LogP contribution in [-0.2, 0) is 11.3 Å². The zero-order valence-corrected chi connectivity index (χ0v) is 10.8. The van der Waals surface area contributed by atoms with Crippen LogP contribution in [0.5, 0.6) is 0 Å². The zero-order valence-electron chi connectivity index (χ0n) is 10.8. The number of hydrogen-bond acceptors (Lipinski definition) is 4. The molecule has 2 rings (SSSR count). The van der Waals surface area contributed by atoms with E-state index >= 15 is 0 Å². The number of hydrogen-bond donors (Lipinski definition) is 2. The molecule has 1 amide bonds. The van der Waals surface area contributed by atoms with Gasteiger partial charge in [-0.3, -0.25) is 9.36 Å². The molecule has 0 unspecified atom stereocenters. The molecule has 0 aliphatic carbocycles. The monoisotopic (exact) mass is 247 g/mol. The molecule has 6 heteroatoms. The molecule has 6 nitrogen and oxygen atoms in total. The third-order valence-corrected chi connectivity index (χ3v) is 2.35. The molecular weight excluding hydrogens is 230 g/mol. The first-order chi connectivity index (χ1) is 8.37. The Balaban J connectivity index is 2.27. The Morgan fingerprint density at radius 1 is 1.50 bits per heavy atom. The molecule has 0 aromatic carbocycles. The molecule has 0 atom stereocenters. The number of nitrogens with two attached hydrogens (primary N) is 1. The van der Waals surface area contributed by atoms with Gasteiger partial charge in [0.05, 0.1) is 0 Å². The molecule has 0 spiro atoms. The Labute approximate surface area is 105 Å². The smallest absolute Gasteiger partial charge is 0.240 e. The first-order valence-electron chi connectivity index (χ1n) is 5.74. The summed E-state index contributed by atoms with van der Waals surface area (Å²) in [7, 11) is 0. The highest BCUT2D eigenvalue weighted by atomic mass is 16.2. The van der Waals surface area contributed by atoms with Crippen molar-refractivity contribution in [2.24, 2.45) is 0 Å². The maximum Gasteiger partial charge on any atom is 0.240 e. The molecular formula is C12H17N5O. The van der Waals surface area contributed by atoms with E-state index in [1.807, 2.05) is 26.8 Å². The number of anilines is 1. The average Bonchev–Trinajstić information content (AvgIpc) is 2.53. The number of pyridine rings is 1. The van der Waals surface area contributed by atoms with Crippen LogP contribution in [0.1, 0.15) is 20.8 Å². The minimum atomic E-state index is -0.268. The van der Waals surface area contributed by atoms with E-state index < -0.39 is 0 Å². The quantitative estimate of drug-likeness (QED) is 0.826.